The molecule has 1 aliphatic heterocycles. The average Bonchev–Trinajstić information content (AvgIpc) is 2.73. The van der Waals surface area contributed by atoms with Crippen LogP contribution < -0.4 is 19.5 Å². The summed E-state index contributed by atoms with van der Waals surface area (Å²) in [5.41, 5.74) is 0.604. The number of rotatable bonds is 8. The third-order valence-electron chi connectivity index (χ3n) is 3.98. The molecule has 154 valence electrons. The quantitative estimate of drug-likeness (QED) is 0.520. The lowest BCUT2D eigenvalue weighted by atomic mass is 10.3. The van der Waals surface area contributed by atoms with Crippen LogP contribution in [-0.2, 0) is 14.3 Å². The Balaban J connectivity index is 1.45. The van der Waals surface area contributed by atoms with Crippen LogP contribution in [0.25, 0.3) is 0 Å². The first-order valence-corrected chi connectivity index (χ1v) is 10.3. The minimum absolute atomic E-state index is 0.0836. The van der Waals surface area contributed by atoms with Gasteiger partial charge in [0.25, 0.3) is 5.91 Å². The molecule has 0 aromatic heterocycles. The highest BCUT2D eigenvalue weighted by Gasteiger charge is 2.19. The Labute approximate surface area is 173 Å². The van der Waals surface area contributed by atoms with E-state index >= 15 is 0 Å². The Kier molecular flexibility index (Phi) is 7.24. The molecular formula is C21H23NO6S. The summed E-state index contributed by atoms with van der Waals surface area (Å²) in [5, 5.41) is 2.72. The Hall–Kier alpha value is -2.87. The minimum Gasteiger partial charge on any atom is -0.494 e. The van der Waals surface area contributed by atoms with E-state index in [1.54, 1.807) is 24.3 Å². The van der Waals surface area contributed by atoms with Crippen molar-refractivity contribution in [1.29, 1.82) is 0 Å². The summed E-state index contributed by atoms with van der Waals surface area (Å²) in [4.78, 5) is 25.2. The zero-order chi connectivity index (χ0) is 20.6. The molecule has 1 amide bonds. The Morgan fingerprint density at radius 2 is 1.83 bits per heavy atom. The number of anilines is 1. The van der Waals surface area contributed by atoms with Crippen LogP contribution in [0.3, 0.4) is 0 Å². The lowest BCUT2D eigenvalue weighted by molar-refractivity contribution is -0.150. The van der Waals surface area contributed by atoms with E-state index in [1.807, 2.05) is 25.1 Å². The molecule has 0 saturated carbocycles. The molecule has 1 aliphatic rings. The molecule has 0 aliphatic carbocycles. The SMILES string of the molecule is CCOc1ccc(NC(=O)[C@@H](C)OC(=O)CSc2ccc3c(c2)OCCO3)cc1. The third-order valence-corrected chi connectivity index (χ3v) is 4.95. The summed E-state index contributed by atoms with van der Waals surface area (Å²) in [7, 11) is 0. The smallest absolute Gasteiger partial charge is 0.317 e. The van der Waals surface area contributed by atoms with Gasteiger partial charge in [0, 0.05) is 10.6 Å². The number of fused-ring (bicyclic) bond motifs is 1. The van der Waals surface area contributed by atoms with Gasteiger partial charge in [0.15, 0.2) is 17.6 Å². The van der Waals surface area contributed by atoms with Crippen molar-refractivity contribution >= 4 is 29.3 Å². The number of ether oxygens (including phenoxy) is 4. The topological polar surface area (TPSA) is 83.1 Å². The van der Waals surface area contributed by atoms with Crippen LogP contribution in [-0.4, -0.2) is 43.6 Å². The van der Waals surface area contributed by atoms with Crippen LogP contribution in [0.15, 0.2) is 47.4 Å². The number of thioether (sulfide) groups is 1. The molecule has 29 heavy (non-hydrogen) atoms. The first-order valence-electron chi connectivity index (χ1n) is 9.31. The molecule has 0 fully saturated rings. The van der Waals surface area contributed by atoms with Crippen LogP contribution in [0.2, 0.25) is 0 Å². The fraction of sp³-hybridized carbons (Fsp3) is 0.333. The fourth-order valence-electron chi connectivity index (χ4n) is 2.59. The van der Waals surface area contributed by atoms with Gasteiger partial charge in [-0.15, -0.1) is 11.8 Å². The highest BCUT2D eigenvalue weighted by Crippen LogP contribution is 2.34. The molecule has 0 bridgehead atoms. The number of carbonyl (C=O) groups excluding carboxylic acids is 2. The van der Waals surface area contributed by atoms with Crippen LogP contribution >= 0.6 is 11.8 Å². The van der Waals surface area contributed by atoms with Gasteiger partial charge in [0.2, 0.25) is 0 Å². The number of carbonyl (C=O) groups is 2. The molecular weight excluding hydrogens is 394 g/mol. The van der Waals surface area contributed by atoms with Crippen LogP contribution in [0, 0.1) is 0 Å². The van der Waals surface area contributed by atoms with E-state index in [1.165, 1.54) is 18.7 Å². The first kappa shape index (κ1) is 20.9. The van der Waals surface area contributed by atoms with Gasteiger partial charge in [-0.2, -0.15) is 0 Å². The van der Waals surface area contributed by atoms with Crippen molar-refractivity contribution in [2.45, 2.75) is 24.8 Å². The maximum Gasteiger partial charge on any atom is 0.317 e. The van der Waals surface area contributed by atoms with Crippen molar-refractivity contribution in [3.63, 3.8) is 0 Å². The predicted molar refractivity (Wildman–Crippen MR) is 110 cm³/mol. The van der Waals surface area contributed by atoms with E-state index in [0.717, 1.165) is 10.6 Å². The highest BCUT2D eigenvalue weighted by molar-refractivity contribution is 8.00. The molecule has 0 spiro atoms. The van der Waals surface area contributed by atoms with Crippen molar-refractivity contribution in [1.82, 2.24) is 0 Å². The fourth-order valence-corrected chi connectivity index (χ4v) is 3.29. The Bertz CT molecular complexity index is 855. The molecule has 1 heterocycles. The summed E-state index contributed by atoms with van der Waals surface area (Å²) in [6, 6.07) is 12.5. The van der Waals surface area contributed by atoms with Gasteiger partial charge in [-0.25, -0.2) is 0 Å². The maximum absolute atomic E-state index is 12.2. The summed E-state index contributed by atoms with van der Waals surface area (Å²) in [6.07, 6.45) is -0.907. The maximum atomic E-state index is 12.2. The first-order chi connectivity index (χ1) is 14.0. The van der Waals surface area contributed by atoms with Crippen molar-refractivity contribution < 1.29 is 28.5 Å². The van der Waals surface area contributed by atoms with E-state index in [4.69, 9.17) is 18.9 Å². The third kappa shape index (κ3) is 6.05. The van der Waals surface area contributed by atoms with Gasteiger partial charge in [-0.3, -0.25) is 9.59 Å². The zero-order valence-electron chi connectivity index (χ0n) is 16.3. The van der Waals surface area contributed by atoms with Crippen molar-refractivity contribution in [2.24, 2.45) is 0 Å². The molecule has 2 aromatic carbocycles. The Morgan fingerprint density at radius 1 is 1.10 bits per heavy atom. The van der Waals surface area contributed by atoms with Gasteiger partial charge in [-0.05, 0) is 56.3 Å². The molecule has 1 atom stereocenters. The molecule has 2 aromatic rings. The van der Waals surface area contributed by atoms with E-state index in [0.29, 0.717) is 37.0 Å². The average molecular weight is 417 g/mol. The molecule has 0 radical (unpaired) electrons. The zero-order valence-corrected chi connectivity index (χ0v) is 17.1. The summed E-state index contributed by atoms with van der Waals surface area (Å²) < 4.78 is 21.6. The lowest BCUT2D eigenvalue weighted by Crippen LogP contribution is -2.30. The van der Waals surface area contributed by atoms with E-state index in [2.05, 4.69) is 5.32 Å². The predicted octanol–water partition coefficient (Wildman–Crippen LogP) is 3.52. The standard InChI is InChI=1S/C21H23NO6S/c1-3-25-16-6-4-15(5-7-16)22-21(24)14(2)28-20(23)13-29-17-8-9-18-19(12-17)27-11-10-26-18/h4-9,12,14H,3,10-11,13H2,1-2H3,(H,22,24)/t14-/m1/s1. The number of benzene rings is 2. The molecule has 0 saturated heterocycles. The summed E-state index contributed by atoms with van der Waals surface area (Å²) >= 11 is 1.31. The van der Waals surface area contributed by atoms with Gasteiger partial charge < -0.3 is 24.3 Å². The molecule has 7 nitrogen and oxygen atoms in total. The normalized spacial score (nSPS) is 13.3. The van der Waals surface area contributed by atoms with Gasteiger partial charge in [-0.1, -0.05) is 0 Å². The minimum atomic E-state index is -0.907. The monoisotopic (exact) mass is 417 g/mol. The second-order valence-corrected chi connectivity index (χ2v) is 7.22. The number of hydrogen-bond donors (Lipinski definition) is 1. The van der Waals surface area contributed by atoms with Crippen molar-refractivity contribution in [3.05, 3.63) is 42.5 Å². The number of hydrogen-bond acceptors (Lipinski definition) is 7. The summed E-state index contributed by atoms with van der Waals surface area (Å²) in [5.74, 6) is 1.30. The van der Waals surface area contributed by atoms with Crippen molar-refractivity contribution in [3.8, 4) is 17.2 Å². The largest absolute Gasteiger partial charge is 0.494 e. The second kappa shape index (κ2) is 10.1. The molecule has 1 N–H and O–H groups in total. The van der Waals surface area contributed by atoms with Crippen LogP contribution in [0.4, 0.5) is 5.69 Å². The second-order valence-electron chi connectivity index (χ2n) is 6.17. The molecule has 0 unspecified atom stereocenters. The summed E-state index contributed by atoms with van der Waals surface area (Å²) in [6.45, 7) is 5.05. The molecule has 8 heteroatoms. The molecule has 3 rings (SSSR count). The van der Waals surface area contributed by atoms with Crippen LogP contribution in [0.1, 0.15) is 13.8 Å². The number of amides is 1. The number of nitrogens with one attached hydrogen (secondary N) is 1. The Morgan fingerprint density at radius 3 is 2.55 bits per heavy atom. The van der Waals surface area contributed by atoms with E-state index in [9.17, 15) is 9.59 Å². The van der Waals surface area contributed by atoms with Crippen molar-refractivity contribution in [2.75, 3.05) is 30.9 Å². The van der Waals surface area contributed by atoms with Gasteiger partial charge >= 0.3 is 5.97 Å². The van der Waals surface area contributed by atoms with Crippen LogP contribution in [0.5, 0.6) is 17.2 Å². The highest BCUT2D eigenvalue weighted by atomic mass is 32.2. The lowest BCUT2D eigenvalue weighted by Gasteiger charge is -2.18. The number of esters is 1. The van der Waals surface area contributed by atoms with E-state index in [-0.39, 0.29) is 5.75 Å². The van der Waals surface area contributed by atoms with E-state index < -0.39 is 18.0 Å². The van der Waals surface area contributed by atoms with Gasteiger partial charge in [0.05, 0.1) is 12.4 Å². The van der Waals surface area contributed by atoms with Gasteiger partial charge in [0.1, 0.15) is 19.0 Å².